The lowest BCUT2D eigenvalue weighted by Crippen LogP contribution is -3.00. The van der Waals surface area contributed by atoms with Crippen molar-refractivity contribution in [1.29, 1.82) is 0 Å². The molecule has 0 saturated heterocycles. The van der Waals surface area contributed by atoms with Gasteiger partial charge in [0.05, 0.1) is 12.8 Å². The van der Waals surface area contributed by atoms with Gasteiger partial charge in [-0.1, -0.05) is 13.0 Å². The van der Waals surface area contributed by atoms with Crippen molar-refractivity contribution in [3.8, 4) is 5.75 Å². The second kappa shape index (κ2) is 10.3. The zero-order chi connectivity index (χ0) is 15.6. The molecule has 2 aromatic rings. The van der Waals surface area contributed by atoms with Crippen LogP contribution in [0.15, 0.2) is 60.0 Å². The van der Waals surface area contributed by atoms with Gasteiger partial charge in [0.15, 0.2) is 12.4 Å². The lowest BCUT2D eigenvalue weighted by molar-refractivity contribution is -0.684. The van der Waals surface area contributed by atoms with E-state index in [-0.39, 0.29) is 24.9 Å². The van der Waals surface area contributed by atoms with E-state index < -0.39 is 0 Å². The Bertz CT molecular complexity index is 615. The van der Waals surface area contributed by atoms with E-state index in [0.29, 0.717) is 6.61 Å². The highest BCUT2D eigenvalue weighted by atomic mass is 35.5. The summed E-state index contributed by atoms with van der Waals surface area (Å²) in [5, 5.41) is 3.95. The lowest BCUT2D eigenvalue weighted by Gasteiger charge is -2.03. The fourth-order valence-electron chi connectivity index (χ4n) is 1.79. The van der Waals surface area contributed by atoms with Gasteiger partial charge in [-0.05, 0) is 36.2 Å². The zero-order valence-electron chi connectivity index (χ0n) is 13.0. The third-order valence-corrected chi connectivity index (χ3v) is 2.86. The third kappa shape index (κ3) is 6.93. The van der Waals surface area contributed by atoms with Crippen molar-refractivity contribution in [1.82, 2.24) is 5.43 Å². The molecule has 0 unspecified atom stereocenters. The van der Waals surface area contributed by atoms with Crippen LogP contribution in [0.4, 0.5) is 0 Å². The van der Waals surface area contributed by atoms with Gasteiger partial charge in [-0.2, -0.15) is 9.67 Å². The first-order valence-electron chi connectivity index (χ1n) is 7.27. The van der Waals surface area contributed by atoms with E-state index >= 15 is 0 Å². The van der Waals surface area contributed by atoms with Crippen molar-refractivity contribution in [2.45, 2.75) is 19.9 Å². The number of amides is 1. The minimum atomic E-state index is -0.171. The van der Waals surface area contributed by atoms with E-state index in [1.165, 1.54) is 0 Å². The maximum atomic E-state index is 11.7. The highest BCUT2D eigenvalue weighted by Gasteiger charge is 2.06. The largest absolute Gasteiger partial charge is 1.00 e. The molecule has 1 heterocycles. The SMILES string of the molecule is CCCOc1ccc(C=NNC(=O)C[n+]2ccccc2)cc1.[Cl-]. The van der Waals surface area contributed by atoms with Gasteiger partial charge < -0.3 is 17.1 Å². The summed E-state index contributed by atoms with van der Waals surface area (Å²) in [4.78, 5) is 11.7. The fourth-order valence-corrected chi connectivity index (χ4v) is 1.79. The second-order valence-electron chi connectivity index (χ2n) is 4.76. The van der Waals surface area contributed by atoms with E-state index in [2.05, 4.69) is 17.5 Å². The second-order valence-corrected chi connectivity index (χ2v) is 4.76. The van der Waals surface area contributed by atoms with E-state index in [9.17, 15) is 4.79 Å². The summed E-state index contributed by atoms with van der Waals surface area (Å²) >= 11 is 0. The topological polar surface area (TPSA) is 54.6 Å². The molecule has 1 amide bonds. The minimum absolute atomic E-state index is 0. The number of hydrogen-bond donors (Lipinski definition) is 1. The van der Waals surface area contributed by atoms with Crippen LogP contribution in [0.5, 0.6) is 5.75 Å². The van der Waals surface area contributed by atoms with Gasteiger partial charge >= 0.3 is 5.91 Å². The van der Waals surface area contributed by atoms with E-state index in [0.717, 1.165) is 17.7 Å². The van der Waals surface area contributed by atoms with Crippen molar-refractivity contribution in [2.75, 3.05) is 6.61 Å². The van der Waals surface area contributed by atoms with Crippen molar-refractivity contribution in [3.63, 3.8) is 0 Å². The number of hydrazone groups is 1. The van der Waals surface area contributed by atoms with E-state index in [1.807, 2.05) is 54.9 Å². The van der Waals surface area contributed by atoms with Gasteiger partial charge in [0.25, 0.3) is 0 Å². The maximum absolute atomic E-state index is 11.7. The Labute approximate surface area is 142 Å². The standard InChI is InChI=1S/C17H19N3O2.ClH/c1-2-12-22-16-8-6-15(7-9-16)13-18-19-17(21)14-20-10-4-3-5-11-20;/h3-11,13H,2,12,14H2,1H3;1H. The Morgan fingerprint density at radius 3 is 2.57 bits per heavy atom. The molecular weight excluding hydrogens is 314 g/mol. The molecule has 0 aliphatic heterocycles. The molecule has 0 aliphatic carbocycles. The summed E-state index contributed by atoms with van der Waals surface area (Å²) in [6.45, 7) is 3.01. The van der Waals surface area contributed by atoms with Gasteiger partial charge in [-0.25, -0.2) is 5.43 Å². The van der Waals surface area contributed by atoms with Gasteiger partial charge in [-0.3, -0.25) is 4.79 Å². The number of nitrogens with one attached hydrogen (secondary N) is 1. The number of pyridine rings is 1. The molecular formula is C17H20ClN3O2. The van der Waals surface area contributed by atoms with Crippen LogP contribution in [-0.2, 0) is 11.3 Å². The molecule has 23 heavy (non-hydrogen) atoms. The number of nitrogens with zero attached hydrogens (tertiary/aromatic N) is 2. The molecule has 0 fully saturated rings. The smallest absolute Gasteiger partial charge is 0.305 e. The average Bonchev–Trinajstić information content (AvgIpc) is 2.55. The van der Waals surface area contributed by atoms with E-state index in [1.54, 1.807) is 10.8 Å². The molecule has 6 heteroatoms. The van der Waals surface area contributed by atoms with Crippen molar-refractivity contribution >= 4 is 12.1 Å². The van der Waals surface area contributed by atoms with Crippen molar-refractivity contribution < 1.29 is 26.5 Å². The zero-order valence-corrected chi connectivity index (χ0v) is 13.7. The van der Waals surface area contributed by atoms with Crippen LogP contribution in [-0.4, -0.2) is 18.7 Å². The molecule has 0 spiro atoms. The molecule has 0 aliphatic rings. The summed E-state index contributed by atoms with van der Waals surface area (Å²) in [5.41, 5.74) is 3.41. The minimum Gasteiger partial charge on any atom is -1.00 e. The molecule has 1 aromatic heterocycles. The predicted molar refractivity (Wildman–Crippen MR) is 84.6 cm³/mol. The number of carbonyl (C=O) groups is 1. The van der Waals surface area contributed by atoms with Crippen molar-refractivity contribution in [2.24, 2.45) is 5.10 Å². The molecule has 1 N–H and O–H groups in total. The Hall–Kier alpha value is -2.40. The number of carbonyl (C=O) groups excluding carboxylic acids is 1. The number of halogens is 1. The van der Waals surface area contributed by atoms with Crippen LogP contribution in [0.2, 0.25) is 0 Å². The number of benzene rings is 1. The highest BCUT2D eigenvalue weighted by Crippen LogP contribution is 2.11. The normalized spacial score (nSPS) is 10.1. The fraction of sp³-hybridized carbons (Fsp3) is 0.235. The summed E-state index contributed by atoms with van der Waals surface area (Å²) in [7, 11) is 0. The molecule has 0 bridgehead atoms. The van der Waals surface area contributed by atoms with Gasteiger partial charge in [0.2, 0.25) is 6.54 Å². The molecule has 122 valence electrons. The monoisotopic (exact) mass is 333 g/mol. The maximum Gasteiger partial charge on any atom is 0.305 e. The first-order chi connectivity index (χ1) is 10.8. The Morgan fingerprint density at radius 1 is 1.22 bits per heavy atom. The number of hydrogen-bond acceptors (Lipinski definition) is 3. The van der Waals surface area contributed by atoms with Crippen LogP contribution in [0.25, 0.3) is 0 Å². The Balaban J connectivity index is 0.00000264. The summed E-state index contributed by atoms with van der Waals surface area (Å²) < 4.78 is 7.28. The van der Waals surface area contributed by atoms with E-state index in [4.69, 9.17) is 4.74 Å². The number of ether oxygens (including phenoxy) is 1. The molecule has 0 atom stereocenters. The highest BCUT2D eigenvalue weighted by molar-refractivity contribution is 5.82. The summed E-state index contributed by atoms with van der Waals surface area (Å²) in [6.07, 6.45) is 6.25. The van der Waals surface area contributed by atoms with Crippen LogP contribution in [0, 0.1) is 0 Å². The van der Waals surface area contributed by atoms with Gasteiger partial charge in [-0.15, -0.1) is 0 Å². The first-order valence-corrected chi connectivity index (χ1v) is 7.27. The number of rotatable bonds is 7. The molecule has 2 rings (SSSR count). The molecule has 0 radical (unpaired) electrons. The number of aromatic nitrogens is 1. The molecule has 0 saturated carbocycles. The Morgan fingerprint density at radius 2 is 1.91 bits per heavy atom. The van der Waals surface area contributed by atoms with Crippen LogP contribution >= 0.6 is 0 Å². The third-order valence-electron chi connectivity index (χ3n) is 2.86. The molecule has 1 aromatic carbocycles. The first kappa shape index (κ1) is 18.6. The van der Waals surface area contributed by atoms with Crippen LogP contribution < -0.4 is 27.1 Å². The lowest BCUT2D eigenvalue weighted by atomic mass is 10.2. The Kier molecular flexibility index (Phi) is 8.39. The average molecular weight is 334 g/mol. The van der Waals surface area contributed by atoms with Gasteiger partial charge in [0.1, 0.15) is 5.75 Å². The predicted octanol–water partition coefficient (Wildman–Crippen LogP) is -1.08. The van der Waals surface area contributed by atoms with Crippen molar-refractivity contribution in [3.05, 3.63) is 60.4 Å². The van der Waals surface area contributed by atoms with Crippen LogP contribution in [0.1, 0.15) is 18.9 Å². The van der Waals surface area contributed by atoms with Crippen LogP contribution in [0.3, 0.4) is 0 Å². The summed E-state index contributed by atoms with van der Waals surface area (Å²) in [5.74, 6) is 0.666. The summed E-state index contributed by atoms with van der Waals surface area (Å²) in [6, 6.07) is 13.2. The quantitative estimate of drug-likeness (QED) is 0.398. The molecule has 5 nitrogen and oxygen atoms in total. The van der Waals surface area contributed by atoms with Gasteiger partial charge in [0, 0.05) is 12.1 Å².